The van der Waals surface area contributed by atoms with Gasteiger partial charge in [-0.05, 0) is 49.7 Å². The van der Waals surface area contributed by atoms with Crippen LogP contribution in [0.2, 0.25) is 0 Å². The zero-order valence-electron chi connectivity index (χ0n) is 19.4. The van der Waals surface area contributed by atoms with Gasteiger partial charge in [0.15, 0.2) is 11.3 Å². The monoisotopic (exact) mass is 467 g/mol. The molecule has 4 rings (SSSR count). The molecule has 0 saturated carbocycles. The number of fused-ring (bicyclic) bond motifs is 1. The van der Waals surface area contributed by atoms with Crippen LogP contribution in [0.1, 0.15) is 37.7 Å². The molecular formula is C25H24F3N5O. The van der Waals surface area contributed by atoms with Gasteiger partial charge < -0.3 is 5.32 Å². The lowest BCUT2D eigenvalue weighted by Crippen LogP contribution is -2.27. The van der Waals surface area contributed by atoms with Gasteiger partial charge in [0.25, 0.3) is 0 Å². The molecule has 0 bridgehead atoms. The van der Waals surface area contributed by atoms with Crippen molar-refractivity contribution < 1.29 is 18.0 Å². The Balaban J connectivity index is 1.78. The quantitative estimate of drug-likeness (QED) is 0.396. The number of imidazole rings is 1. The van der Waals surface area contributed by atoms with Gasteiger partial charge in [-0.1, -0.05) is 32.9 Å². The van der Waals surface area contributed by atoms with E-state index >= 15 is 0 Å². The molecule has 1 amide bonds. The number of pyridine rings is 1. The molecule has 3 heterocycles. The average Bonchev–Trinajstić information content (AvgIpc) is 3.10. The van der Waals surface area contributed by atoms with E-state index in [2.05, 4.69) is 20.4 Å². The second-order valence-corrected chi connectivity index (χ2v) is 9.17. The van der Waals surface area contributed by atoms with E-state index in [1.54, 1.807) is 13.0 Å². The third-order valence-corrected chi connectivity index (χ3v) is 5.49. The van der Waals surface area contributed by atoms with Crippen LogP contribution in [0.25, 0.3) is 28.2 Å². The minimum Gasteiger partial charge on any atom is -0.325 e. The predicted octanol–water partition coefficient (Wildman–Crippen LogP) is 6.08. The number of carbonyl (C=O) groups excluding carboxylic acids is 1. The number of carbonyl (C=O) groups is 1. The van der Waals surface area contributed by atoms with Gasteiger partial charge in [-0.2, -0.15) is 18.3 Å². The van der Waals surface area contributed by atoms with Gasteiger partial charge in [0.05, 0.1) is 17.1 Å². The van der Waals surface area contributed by atoms with Crippen molar-refractivity contribution in [1.29, 1.82) is 0 Å². The van der Waals surface area contributed by atoms with Crippen molar-refractivity contribution in [3.05, 3.63) is 65.6 Å². The zero-order valence-corrected chi connectivity index (χ0v) is 19.4. The van der Waals surface area contributed by atoms with Crippen LogP contribution in [-0.4, -0.2) is 25.5 Å². The molecule has 176 valence electrons. The van der Waals surface area contributed by atoms with Gasteiger partial charge >= 0.3 is 6.18 Å². The number of aryl methyl sites for hydroxylation is 2. The number of hydrogen-bond acceptors (Lipinski definition) is 4. The summed E-state index contributed by atoms with van der Waals surface area (Å²) in [6, 6.07) is 11.5. The molecule has 0 radical (unpaired) electrons. The van der Waals surface area contributed by atoms with Gasteiger partial charge in [-0.25, -0.2) is 9.50 Å². The van der Waals surface area contributed by atoms with Crippen LogP contribution in [0.4, 0.5) is 18.9 Å². The molecule has 0 saturated heterocycles. The summed E-state index contributed by atoms with van der Waals surface area (Å²) in [5.74, 6) is -0.109. The Morgan fingerprint density at radius 3 is 2.44 bits per heavy atom. The fraction of sp³-hybridized carbons (Fsp3) is 0.280. The first kappa shape index (κ1) is 23.4. The number of alkyl halides is 3. The number of nitrogens with zero attached hydrogens (tertiary/aromatic N) is 4. The normalized spacial score (nSPS) is 12.2. The predicted molar refractivity (Wildman–Crippen MR) is 124 cm³/mol. The second kappa shape index (κ2) is 8.23. The molecule has 1 aromatic carbocycles. The number of benzene rings is 1. The highest BCUT2D eigenvalue weighted by Crippen LogP contribution is 2.35. The van der Waals surface area contributed by atoms with Crippen molar-refractivity contribution >= 4 is 17.2 Å². The molecule has 0 fully saturated rings. The summed E-state index contributed by atoms with van der Waals surface area (Å²) in [6.07, 6.45) is -3.49. The Labute approximate surface area is 194 Å². The minimum atomic E-state index is -4.60. The number of nitrogens with one attached hydrogen (secondary N) is 1. The summed E-state index contributed by atoms with van der Waals surface area (Å²) in [4.78, 5) is 20.6. The number of anilines is 1. The highest BCUT2D eigenvalue weighted by Gasteiger charge is 2.36. The van der Waals surface area contributed by atoms with Crippen LogP contribution in [0, 0.1) is 19.3 Å². The van der Waals surface area contributed by atoms with E-state index in [0.717, 1.165) is 17.3 Å². The lowest BCUT2D eigenvalue weighted by Gasteiger charge is -2.19. The molecule has 6 nitrogen and oxygen atoms in total. The summed E-state index contributed by atoms with van der Waals surface area (Å²) < 4.78 is 41.9. The number of rotatable bonds is 3. The van der Waals surface area contributed by atoms with Crippen LogP contribution in [0.3, 0.4) is 0 Å². The summed E-state index contributed by atoms with van der Waals surface area (Å²) in [6.45, 7) is 9.21. The van der Waals surface area contributed by atoms with Gasteiger partial charge in [0, 0.05) is 28.4 Å². The van der Waals surface area contributed by atoms with Crippen molar-refractivity contribution in [3.63, 3.8) is 0 Å². The molecule has 0 unspecified atom stereocenters. The molecule has 0 aliphatic carbocycles. The number of amides is 1. The molecule has 0 aliphatic rings. The molecular weight excluding hydrogens is 443 g/mol. The van der Waals surface area contributed by atoms with Crippen LogP contribution in [-0.2, 0) is 11.0 Å². The fourth-order valence-corrected chi connectivity index (χ4v) is 3.51. The second-order valence-electron chi connectivity index (χ2n) is 9.17. The Bertz CT molecular complexity index is 1400. The van der Waals surface area contributed by atoms with Crippen LogP contribution in [0.5, 0.6) is 0 Å². The standard InChI is InChI=1S/C25H24F3N5O/c1-14-8-9-16(13-19(14)30-23(34)24(3,4)5)21-15(2)33-20(31-21)11-10-18(32-33)17-7-6-12-29-22(17)25(26,27)28/h6-13H,1-5H3,(H,30,34). The van der Waals surface area contributed by atoms with Crippen molar-refractivity contribution in [1.82, 2.24) is 19.6 Å². The smallest absolute Gasteiger partial charge is 0.325 e. The lowest BCUT2D eigenvalue weighted by atomic mass is 9.95. The third-order valence-electron chi connectivity index (χ3n) is 5.49. The van der Waals surface area contributed by atoms with E-state index < -0.39 is 17.3 Å². The topological polar surface area (TPSA) is 72.2 Å². The first-order valence-corrected chi connectivity index (χ1v) is 10.7. The SMILES string of the molecule is Cc1ccc(-c2nc3ccc(-c4cccnc4C(F)(F)F)nn3c2C)cc1NC(=O)C(C)(C)C. The highest BCUT2D eigenvalue weighted by molar-refractivity contribution is 5.95. The zero-order chi connectivity index (χ0) is 24.8. The van der Waals surface area contributed by atoms with Gasteiger partial charge in [0.1, 0.15) is 0 Å². The van der Waals surface area contributed by atoms with Crippen molar-refractivity contribution in [2.45, 2.75) is 40.8 Å². The molecule has 34 heavy (non-hydrogen) atoms. The Hall–Kier alpha value is -3.75. The largest absolute Gasteiger partial charge is 0.434 e. The van der Waals surface area contributed by atoms with Crippen LogP contribution < -0.4 is 5.32 Å². The number of aromatic nitrogens is 4. The Kier molecular flexibility index (Phi) is 5.67. The first-order valence-electron chi connectivity index (χ1n) is 10.7. The fourth-order valence-electron chi connectivity index (χ4n) is 3.51. The van der Waals surface area contributed by atoms with E-state index in [9.17, 15) is 18.0 Å². The summed E-state index contributed by atoms with van der Waals surface area (Å²) in [7, 11) is 0. The number of hydrogen-bond donors (Lipinski definition) is 1. The molecule has 0 atom stereocenters. The molecule has 3 aromatic heterocycles. The van der Waals surface area contributed by atoms with E-state index in [1.165, 1.54) is 22.7 Å². The van der Waals surface area contributed by atoms with Gasteiger partial charge in [0.2, 0.25) is 5.91 Å². The molecule has 0 spiro atoms. The third kappa shape index (κ3) is 4.37. The summed E-state index contributed by atoms with van der Waals surface area (Å²) in [5.41, 5.74) is 2.61. The maximum absolute atomic E-state index is 13.4. The molecule has 1 N–H and O–H groups in total. The van der Waals surface area contributed by atoms with E-state index in [-0.39, 0.29) is 17.2 Å². The van der Waals surface area contributed by atoms with E-state index in [0.29, 0.717) is 22.7 Å². The van der Waals surface area contributed by atoms with Gasteiger partial charge in [-0.3, -0.25) is 9.78 Å². The van der Waals surface area contributed by atoms with E-state index in [4.69, 9.17) is 0 Å². The minimum absolute atomic E-state index is 0.103. The van der Waals surface area contributed by atoms with E-state index in [1.807, 2.05) is 45.9 Å². The van der Waals surface area contributed by atoms with Gasteiger partial charge in [-0.15, -0.1) is 0 Å². The van der Waals surface area contributed by atoms with Crippen molar-refractivity contribution in [2.24, 2.45) is 5.41 Å². The van der Waals surface area contributed by atoms with Crippen LogP contribution >= 0.6 is 0 Å². The maximum Gasteiger partial charge on any atom is 0.434 e. The highest BCUT2D eigenvalue weighted by atomic mass is 19.4. The molecule has 4 aromatic rings. The summed E-state index contributed by atoms with van der Waals surface area (Å²) in [5, 5.41) is 7.39. The lowest BCUT2D eigenvalue weighted by molar-refractivity contribution is -0.140. The maximum atomic E-state index is 13.4. The molecule has 9 heteroatoms. The van der Waals surface area contributed by atoms with Crippen LogP contribution in [0.15, 0.2) is 48.7 Å². The Morgan fingerprint density at radius 1 is 1.03 bits per heavy atom. The molecule has 0 aliphatic heterocycles. The average molecular weight is 467 g/mol. The Morgan fingerprint density at radius 2 is 1.76 bits per heavy atom. The summed E-state index contributed by atoms with van der Waals surface area (Å²) >= 11 is 0. The van der Waals surface area contributed by atoms with Crippen molar-refractivity contribution in [3.8, 4) is 22.5 Å². The number of halogens is 3. The first-order chi connectivity index (χ1) is 15.9. The van der Waals surface area contributed by atoms with Crippen molar-refractivity contribution in [2.75, 3.05) is 5.32 Å².